The number of likely N-dealkylation sites (tertiary alicyclic amines) is 1. The van der Waals surface area contributed by atoms with Crippen molar-refractivity contribution in [2.45, 2.75) is 26.2 Å². The Bertz CT molecular complexity index is 377. The zero-order valence-electron chi connectivity index (χ0n) is 9.35. The first-order valence-electron chi connectivity index (χ1n) is 5.59. The molecule has 0 aliphatic carbocycles. The fraction of sp³-hybridized carbons (Fsp3) is 0.700. The first-order valence-corrected chi connectivity index (χ1v) is 5.59. The molecule has 88 valence electrons. The SMILES string of the molecule is CCC1CCCN(C(=O)c2nonc2N)C1. The van der Waals surface area contributed by atoms with Gasteiger partial charge in [0.25, 0.3) is 5.91 Å². The lowest BCUT2D eigenvalue weighted by Gasteiger charge is -2.31. The van der Waals surface area contributed by atoms with Gasteiger partial charge in [-0.3, -0.25) is 4.79 Å². The molecule has 2 rings (SSSR count). The second kappa shape index (κ2) is 4.51. The number of piperidine rings is 1. The van der Waals surface area contributed by atoms with E-state index in [1.54, 1.807) is 4.90 Å². The quantitative estimate of drug-likeness (QED) is 0.807. The predicted octanol–water partition coefficient (Wildman–Crippen LogP) is 0.914. The summed E-state index contributed by atoms with van der Waals surface area (Å²) in [6, 6.07) is 0. The van der Waals surface area contributed by atoms with Crippen molar-refractivity contribution in [3.63, 3.8) is 0 Å². The second-order valence-corrected chi connectivity index (χ2v) is 4.17. The van der Waals surface area contributed by atoms with Crippen LogP contribution in [-0.2, 0) is 0 Å². The van der Waals surface area contributed by atoms with Gasteiger partial charge in [-0.2, -0.15) is 0 Å². The molecule has 6 nitrogen and oxygen atoms in total. The molecule has 1 amide bonds. The summed E-state index contributed by atoms with van der Waals surface area (Å²) in [5.41, 5.74) is 5.64. The van der Waals surface area contributed by atoms with Crippen molar-refractivity contribution in [1.82, 2.24) is 15.2 Å². The molecular weight excluding hydrogens is 208 g/mol. The van der Waals surface area contributed by atoms with Crippen LogP contribution >= 0.6 is 0 Å². The Hall–Kier alpha value is -1.59. The minimum atomic E-state index is -0.170. The molecule has 0 bridgehead atoms. The zero-order valence-corrected chi connectivity index (χ0v) is 9.35. The van der Waals surface area contributed by atoms with E-state index in [0.29, 0.717) is 5.92 Å². The van der Waals surface area contributed by atoms with Crippen LogP contribution < -0.4 is 5.73 Å². The maximum atomic E-state index is 12.0. The number of anilines is 1. The summed E-state index contributed by atoms with van der Waals surface area (Å²) in [4.78, 5) is 13.8. The number of amides is 1. The van der Waals surface area contributed by atoms with Gasteiger partial charge >= 0.3 is 0 Å². The molecule has 2 N–H and O–H groups in total. The van der Waals surface area contributed by atoms with Gasteiger partial charge in [-0.25, -0.2) is 4.63 Å². The molecule has 1 aliphatic heterocycles. The number of rotatable bonds is 2. The summed E-state index contributed by atoms with van der Waals surface area (Å²) in [6.45, 7) is 3.69. The highest BCUT2D eigenvalue weighted by atomic mass is 16.6. The third-order valence-corrected chi connectivity index (χ3v) is 3.10. The van der Waals surface area contributed by atoms with Crippen LogP contribution in [0.1, 0.15) is 36.7 Å². The van der Waals surface area contributed by atoms with Crippen molar-refractivity contribution in [1.29, 1.82) is 0 Å². The summed E-state index contributed by atoms with van der Waals surface area (Å²) < 4.78 is 4.44. The van der Waals surface area contributed by atoms with Gasteiger partial charge < -0.3 is 10.6 Å². The van der Waals surface area contributed by atoms with Crippen molar-refractivity contribution in [2.75, 3.05) is 18.8 Å². The number of hydrogen-bond acceptors (Lipinski definition) is 5. The van der Waals surface area contributed by atoms with Crippen molar-refractivity contribution >= 4 is 11.7 Å². The number of carbonyl (C=O) groups excluding carboxylic acids is 1. The van der Waals surface area contributed by atoms with E-state index in [1.807, 2.05) is 0 Å². The van der Waals surface area contributed by atoms with Gasteiger partial charge in [-0.05, 0) is 29.1 Å². The molecule has 0 spiro atoms. The van der Waals surface area contributed by atoms with Crippen molar-refractivity contribution < 1.29 is 9.42 Å². The molecule has 1 fully saturated rings. The van der Waals surface area contributed by atoms with E-state index < -0.39 is 0 Å². The lowest BCUT2D eigenvalue weighted by atomic mass is 9.95. The Morgan fingerprint density at radius 1 is 1.62 bits per heavy atom. The minimum Gasteiger partial charge on any atom is -0.379 e. The van der Waals surface area contributed by atoms with Gasteiger partial charge in [0.05, 0.1) is 0 Å². The van der Waals surface area contributed by atoms with Crippen LogP contribution in [0.25, 0.3) is 0 Å². The summed E-state index contributed by atoms with van der Waals surface area (Å²) in [7, 11) is 0. The first kappa shape index (κ1) is 10.9. The molecule has 1 unspecified atom stereocenters. The highest BCUT2D eigenvalue weighted by Gasteiger charge is 2.27. The number of aromatic nitrogens is 2. The van der Waals surface area contributed by atoms with Crippen LogP contribution in [0.2, 0.25) is 0 Å². The van der Waals surface area contributed by atoms with Crippen molar-refractivity contribution in [2.24, 2.45) is 5.92 Å². The molecule has 6 heteroatoms. The lowest BCUT2D eigenvalue weighted by molar-refractivity contribution is 0.0661. The Labute approximate surface area is 93.7 Å². The predicted molar refractivity (Wildman–Crippen MR) is 57.6 cm³/mol. The molecule has 1 aliphatic rings. The van der Waals surface area contributed by atoms with Gasteiger partial charge in [0.1, 0.15) is 0 Å². The molecule has 1 aromatic rings. The number of nitrogen functional groups attached to an aromatic ring is 1. The monoisotopic (exact) mass is 224 g/mol. The summed E-state index contributed by atoms with van der Waals surface area (Å²) in [5.74, 6) is 0.485. The average Bonchev–Trinajstić information content (AvgIpc) is 2.74. The van der Waals surface area contributed by atoms with Crippen molar-refractivity contribution in [3.8, 4) is 0 Å². The number of nitrogens with zero attached hydrogens (tertiary/aromatic N) is 3. The third-order valence-electron chi connectivity index (χ3n) is 3.10. The fourth-order valence-electron chi connectivity index (χ4n) is 2.08. The van der Waals surface area contributed by atoms with E-state index in [1.165, 1.54) is 6.42 Å². The molecule has 1 saturated heterocycles. The molecule has 16 heavy (non-hydrogen) atoms. The van der Waals surface area contributed by atoms with Crippen molar-refractivity contribution in [3.05, 3.63) is 5.69 Å². The zero-order chi connectivity index (χ0) is 11.5. The summed E-state index contributed by atoms with van der Waals surface area (Å²) >= 11 is 0. The Kier molecular flexibility index (Phi) is 3.07. The smallest absolute Gasteiger partial charge is 0.280 e. The molecule has 0 aromatic carbocycles. The fourth-order valence-corrected chi connectivity index (χ4v) is 2.08. The normalized spacial score (nSPS) is 21.1. The van der Waals surface area contributed by atoms with Crippen LogP contribution in [0.5, 0.6) is 0 Å². The van der Waals surface area contributed by atoms with Gasteiger partial charge in [0.15, 0.2) is 0 Å². The van der Waals surface area contributed by atoms with E-state index in [4.69, 9.17) is 5.73 Å². The Balaban J connectivity index is 2.07. The summed E-state index contributed by atoms with van der Waals surface area (Å²) in [6.07, 6.45) is 3.32. The molecule has 0 radical (unpaired) electrons. The maximum Gasteiger partial charge on any atom is 0.280 e. The van der Waals surface area contributed by atoms with Gasteiger partial charge in [-0.1, -0.05) is 13.3 Å². The van der Waals surface area contributed by atoms with Crippen LogP contribution in [0.4, 0.5) is 5.82 Å². The number of carbonyl (C=O) groups is 1. The second-order valence-electron chi connectivity index (χ2n) is 4.17. The molecule has 1 aromatic heterocycles. The molecule has 0 saturated carbocycles. The van der Waals surface area contributed by atoms with E-state index in [9.17, 15) is 4.79 Å². The largest absolute Gasteiger partial charge is 0.379 e. The highest BCUT2D eigenvalue weighted by molar-refractivity contribution is 5.96. The van der Waals surface area contributed by atoms with E-state index in [0.717, 1.165) is 25.9 Å². The topological polar surface area (TPSA) is 85.2 Å². The van der Waals surface area contributed by atoms with Crippen LogP contribution in [0.3, 0.4) is 0 Å². The number of hydrogen-bond donors (Lipinski definition) is 1. The maximum absolute atomic E-state index is 12.0. The third kappa shape index (κ3) is 2.00. The van der Waals surface area contributed by atoms with Gasteiger partial charge in [0.2, 0.25) is 11.5 Å². The first-order chi connectivity index (χ1) is 7.72. The van der Waals surface area contributed by atoms with Crippen LogP contribution in [-0.4, -0.2) is 34.2 Å². The molecular formula is C10H16N4O2. The molecule has 2 heterocycles. The Morgan fingerprint density at radius 2 is 2.44 bits per heavy atom. The average molecular weight is 224 g/mol. The highest BCUT2D eigenvalue weighted by Crippen LogP contribution is 2.21. The number of nitrogens with two attached hydrogens (primary N) is 1. The van der Waals surface area contributed by atoms with Crippen LogP contribution in [0, 0.1) is 5.92 Å². The van der Waals surface area contributed by atoms with E-state index >= 15 is 0 Å². The van der Waals surface area contributed by atoms with Gasteiger partial charge in [-0.15, -0.1) is 0 Å². The van der Waals surface area contributed by atoms with Crippen LogP contribution in [0.15, 0.2) is 4.63 Å². The van der Waals surface area contributed by atoms with E-state index in [-0.39, 0.29) is 17.4 Å². The molecule has 1 atom stereocenters. The Morgan fingerprint density at radius 3 is 3.06 bits per heavy atom. The standard InChI is InChI=1S/C10H16N4O2/c1-2-7-4-3-5-14(6-7)10(15)8-9(11)13-16-12-8/h7H,2-6H2,1H3,(H2,11,13). The summed E-state index contributed by atoms with van der Waals surface area (Å²) in [5, 5.41) is 6.96. The van der Waals surface area contributed by atoms with Gasteiger partial charge in [0, 0.05) is 13.1 Å². The lowest BCUT2D eigenvalue weighted by Crippen LogP contribution is -2.40. The minimum absolute atomic E-state index is 0.0728. The van der Waals surface area contributed by atoms with E-state index in [2.05, 4.69) is 21.9 Å².